The van der Waals surface area contributed by atoms with Crippen LogP contribution in [0, 0.1) is 5.82 Å². The Balaban J connectivity index is 2.49. The first-order valence-electron chi connectivity index (χ1n) is 6.25. The van der Waals surface area contributed by atoms with E-state index in [1.807, 2.05) is 0 Å². The second kappa shape index (κ2) is 6.47. The molecular weight excluding hydrogens is 263 g/mol. The Bertz CT molecular complexity index is 484. The molecule has 5 nitrogen and oxygen atoms in total. The number of halogens is 1. The van der Waals surface area contributed by atoms with Crippen molar-refractivity contribution in [2.24, 2.45) is 0 Å². The van der Waals surface area contributed by atoms with Gasteiger partial charge >= 0.3 is 0 Å². The third-order valence-electron chi connectivity index (χ3n) is 3.02. The number of hydrogen-bond acceptors (Lipinski definition) is 3. The molecule has 0 aliphatic heterocycles. The molecule has 6 heteroatoms. The van der Waals surface area contributed by atoms with Crippen molar-refractivity contribution in [1.29, 1.82) is 0 Å². The number of benzene rings is 1. The molecule has 0 radical (unpaired) electrons. The topological polar surface area (TPSA) is 78.4 Å². The Morgan fingerprint density at radius 2 is 1.85 bits per heavy atom. The summed E-state index contributed by atoms with van der Waals surface area (Å²) in [6.45, 7) is 4.71. The molecule has 0 spiro atoms. The zero-order chi connectivity index (χ0) is 15.3. The lowest BCUT2D eigenvalue weighted by Gasteiger charge is -2.29. The van der Waals surface area contributed by atoms with E-state index in [1.165, 1.54) is 24.3 Å². The summed E-state index contributed by atoms with van der Waals surface area (Å²) in [7, 11) is 0. The zero-order valence-electron chi connectivity index (χ0n) is 11.7. The maximum Gasteiger partial charge on any atom is 0.251 e. The molecule has 0 aliphatic rings. The molecule has 2 amide bonds. The highest BCUT2D eigenvalue weighted by Gasteiger charge is 2.25. The minimum absolute atomic E-state index is 0.216. The summed E-state index contributed by atoms with van der Waals surface area (Å²) in [5, 5.41) is 14.5. The van der Waals surface area contributed by atoms with Gasteiger partial charge in [0.1, 0.15) is 5.82 Å². The summed E-state index contributed by atoms with van der Waals surface area (Å²) in [5.74, 6) is -1.31. The summed E-state index contributed by atoms with van der Waals surface area (Å²) in [5.41, 5.74) is -0.508. The van der Waals surface area contributed by atoms with Crippen molar-refractivity contribution < 1.29 is 19.1 Å². The summed E-state index contributed by atoms with van der Waals surface area (Å²) in [6.07, 6.45) is -0.723. The highest BCUT2D eigenvalue weighted by molar-refractivity contribution is 5.96. The predicted octanol–water partition coefficient (Wildman–Crippen LogP) is 0.831. The quantitative estimate of drug-likeness (QED) is 0.748. The number of carbonyl (C=O) groups excluding carboxylic acids is 2. The van der Waals surface area contributed by atoms with Crippen molar-refractivity contribution >= 4 is 11.8 Å². The van der Waals surface area contributed by atoms with Gasteiger partial charge < -0.3 is 15.7 Å². The first kappa shape index (κ1) is 16.1. The molecule has 0 aromatic heterocycles. The Kier molecular flexibility index (Phi) is 5.21. The van der Waals surface area contributed by atoms with E-state index in [1.54, 1.807) is 20.8 Å². The lowest BCUT2D eigenvalue weighted by atomic mass is 9.99. The van der Waals surface area contributed by atoms with Crippen LogP contribution in [-0.2, 0) is 4.79 Å². The molecule has 1 unspecified atom stereocenters. The van der Waals surface area contributed by atoms with Gasteiger partial charge in [0.15, 0.2) is 0 Å². The van der Waals surface area contributed by atoms with E-state index in [4.69, 9.17) is 0 Å². The van der Waals surface area contributed by atoms with E-state index in [0.29, 0.717) is 0 Å². The number of hydrogen-bond donors (Lipinski definition) is 3. The van der Waals surface area contributed by atoms with Crippen LogP contribution in [0.25, 0.3) is 0 Å². The van der Waals surface area contributed by atoms with Crippen LogP contribution in [0.1, 0.15) is 31.1 Å². The fraction of sp³-hybridized carbons (Fsp3) is 0.429. The molecule has 0 saturated heterocycles. The predicted molar refractivity (Wildman–Crippen MR) is 72.6 cm³/mol. The van der Waals surface area contributed by atoms with Crippen molar-refractivity contribution in [3.8, 4) is 0 Å². The van der Waals surface area contributed by atoms with Crippen LogP contribution in [0.5, 0.6) is 0 Å². The number of carbonyl (C=O) groups is 2. The Morgan fingerprint density at radius 3 is 2.35 bits per heavy atom. The molecule has 0 bridgehead atoms. The van der Waals surface area contributed by atoms with Gasteiger partial charge in [0, 0.05) is 5.56 Å². The molecule has 0 fully saturated rings. The second-order valence-corrected chi connectivity index (χ2v) is 5.14. The molecule has 1 atom stereocenters. The third-order valence-corrected chi connectivity index (χ3v) is 3.02. The van der Waals surface area contributed by atoms with Gasteiger partial charge in [-0.25, -0.2) is 4.39 Å². The van der Waals surface area contributed by atoms with E-state index < -0.39 is 29.3 Å². The number of rotatable bonds is 5. The van der Waals surface area contributed by atoms with Gasteiger partial charge in [0.05, 0.1) is 18.2 Å². The maximum absolute atomic E-state index is 12.7. The summed E-state index contributed by atoms with van der Waals surface area (Å²) < 4.78 is 12.7. The number of nitrogens with one attached hydrogen (secondary N) is 2. The molecule has 0 aliphatic carbocycles. The van der Waals surface area contributed by atoms with E-state index in [0.717, 1.165) is 0 Å². The van der Waals surface area contributed by atoms with Crippen molar-refractivity contribution in [2.75, 3.05) is 6.54 Å². The van der Waals surface area contributed by atoms with Crippen LogP contribution in [0.2, 0.25) is 0 Å². The minimum Gasteiger partial charge on any atom is -0.391 e. The first-order chi connectivity index (χ1) is 9.22. The molecule has 1 rings (SSSR count). The van der Waals surface area contributed by atoms with Gasteiger partial charge in [-0.3, -0.25) is 9.59 Å². The number of amides is 2. The molecule has 0 heterocycles. The van der Waals surface area contributed by atoms with Crippen molar-refractivity contribution in [2.45, 2.75) is 32.4 Å². The van der Waals surface area contributed by atoms with Gasteiger partial charge in [0.25, 0.3) is 5.91 Å². The molecule has 3 N–H and O–H groups in total. The molecule has 1 aromatic carbocycles. The maximum atomic E-state index is 12.7. The van der Waals surface area contributed by atoms with Gasteiger partial charge in [-0.15, -0.1) is 0 Å². The number of aliphatic hydroxyl groups excluding tert-OH is 1. The molecule has 20 heavy (non-hydrogen) atoms. The van der Waals surface area contributed by atoms with Crippen molar-refractivity contribution in [3.63, 3.8) is 0 Å². The molecular formula is C14H19FN2O3. The van der Waals surface area contributed by atoms with Gasteiger partial charge in [-0.05, 0) is 45.0 Å². The van der Waals surface area contributed by atoms with Gasteiger partial charge in [-0.1, -0.05) is 0 Å². The van der Waals surface area contributed by atoms with Crippen LogP contribution in [-0.4, -0.2) is 35.1 Å². The minimum atomic E-state index is -0.780. The smallest absolute Gasteiger partial charge is 0.251 e. The average molecular weight is 282 g/mol. The fourth-order valence-electron chi connectivity index (χ4n) is 1.37. The lowest BCUT2D eigenvalue weighted by Crippen LogP contribution is -2.53. The second-order valence-electron chi connectivity index (χ2n) is 5.14. The largest absolute Gasteiger partial charge is 0.391 e. The average Bonchev–Trinajstić information content (AvgIpc) is 2.36. The summed E-state index contributed by atoms with van der Waals surface area (Å²) >= 11 is 0. The van der Waals surface area contributed by atoms with Crippen LogP contribution >= 0.6 is 0 Å². The molecule has 0 saturated carbocycles. The fourth-order valence-corrected chi connectivity index (χ4v) is 1.37. The standard InChI is InChI=1S/C14H19FN2O3/c1-9(18)14(2,3)17-12(19)8-16-13(20)10-4-6-11(15)7-5-10/h4-7,9,18H,8H2,1-3H3,(H,16,20)(H,17,19). The van der Waals surface area contributed by atoms with Crippen LogP contribution in [0.4, 0.5) is 4.39 Å². The van der Waals surface area contributed by atoms with E-state index >= 15 is 0 Å². The highest BCUT2D eigenvalue weighted by Crippen LogP contribution is 2.07. The zero-order valence-corrected chi connectivity index (χ0v) is 11.7. The summed E-state index contributed by atoms with van der Waals surface area (Å²) in [4.78, 5) is 23.4. The van der Waals surface area contributed by atoms with Crippen LogP contribution in [0.15, 0.2) is 24.3 Å². The molecule has 110 valence electrons. The third kappa shape index (κ3) is 4.62. The Hall–Kier alpha value is -1.95. The molecule has 1 aromatic rings. The summed E-state index contributed by atoms with van der Waals surface area (Å²) in [6, 6.07) is 5.02. The highest BCUT2D eigenvalue weighted by atomic mass is 19.1. The SMILES string of the molecule is CC(O)C(C)(C)NC(=O)CNC(=O)c1ccc(F)cc1. The first-order valence-corrected chi connectivity index (χ1v) is 6.25. The van der Waals surface area contributed by atoms with Crippen molar-refractivity contribution in [1.82, 2.24) is 10.6 Å². The Labute approximate surface area is 117 Å². The Morgan fingerprint density at radius 1 is 1.30 bits per heavy atom. The van der Waals surface area contributed by atoms with Gasteiger partial charge in [0.2, 0.25) is 5.91 Å². The number of aliphatic hydroxyl groups is 1. The monoisotopic (exact) mass is 282 g/mol. The van der Waals surface area contributed by atoms with E-state index in [-0.39, 0.29) is 12.1 Å². The van der Waals surface area contributed by atoms with E-state index in [9.17, 15) is 19.1 Å². The van der Waals surface area contributed by atoms with Crippen LogP contribution in [0.3, 0.4) is 0 Å². The van der Waals surface area contributed by atoms with E-state index in [2.05, 4.69) is 10.6 Å². The van der Waals surface area contributed by atoms with Crippen molar-refractivity contribution in [3.05, 3.63) is 35.6 Å². The normalized spacial score (nSPS) is 12.7. The lowest BCUT2D eigenvalue weighted by molar-refractivity contribution is -0.123. The van der Waals surface area contributed by atoms with Gasteiger partial charge in [-0.2, -0.15) is 0 Å². The van der Waals surface area contributed by atoms with Crippen LogP contribution < -0.4 is 10.6 Å².